The number of anilines is 1. The van der Waals surface area contributed by atoms with Crippen LogP contribution in [0.15, 0.2) is 12.1 Å². The average Bonchev–Trinajstić information content (AvgIpc) is 2.37. The Kier molecular flexibility index (Phi) is 4.18. The Balaban J connectivity index is 2.18. The third kappa shape index (κ3) is 3.20. The van der Waals surface area contributed by atoms with Gasteiger partial charge >= 0.3 is 5.69 Å². The van der Waals surface area contributed by atoms with Gasteiger partial charge in [-0.1, -0.05) is 32.4 Å². The van der Waals surface area contributed by atoms with Gasteiger partial charge in [0.2, 0.25) is 5.82 Å². The third-order valence-corrected chi connectivity index (χ3v) is 4.25. The monoisotopic (exact) mass is 297 g/mol. The molecule has 0 unspecified atom stereocenters. The molecule has 0 saturated carbocycles. The first-order valence-corrected chi connectivity index (χ1v) is 7.22. The lowest BCUT2D eigenvalue weighted by Gasteiger charge is -2.39. The van der Waals surface area contributed by atoms with Crippen LogP contribution in [0.5, 0.6) is 0 Å². The van der Waals surface area contributed by atoms with E-state index in [-0.39, 0.29) is 11.1 Å². The van der Waals surface area contributed by atoms with Gasteiger partial charge < -0.3 is 4.90 Å². The minimum absolute atomic E-state index is 0.0311. The molecule has 0 bridgehead atoms. The number of aromatic nitrogens is 1. The summed E-state index contributed by atoms with van der Waals surface area (Å²) in [7, 11) is 0. The first-order valence-electron chi connectivity index (χ1n) is 6.85. The number of nitro groups is 1. The molecule has 0 aliphatic carbocycles. The first-order chi connectivity index (χ1) is 9.29. The van der Waals surface area contributed by atoms with Crippen LogP contribution in [-0.2, 0) is 0 Å². The molecule has 2 rings (SSSR count). The van der Waals surface area contributed by atoms with Gasteiger partial charge in [-0.05, 0) is 30.2 Å². The Morgan fingerprint density at radius 3 is 2.45 bits per heavy atom. The molecule has 110 valence electrons. The maximum atomic E-state index is 11.1. The van der Waals surface area contributed by atoms with Gasteiger partial charge in [-0.25, -0.2) is 4.98 Å². The summed E-state index contributed by atoms with van der Waals surface area (Å²) in [6.07, 6.45) is 2.05. The smallest absolute Gasteiger partial charge is 0.311 e. The number of halogens is 1. The molecule has 0 radical (unpaired) electrons. The van der Waals surface area contributed by atoms with Crippen molar-refractivity contribution in [3.8, 4) is 0 Å². The van der Waals surface area contributed by atoms with Crippen molar-refractivity contribution in [1.29, 1.82) is 0 Å². The summed E-state index contributed by atoms with van der Waals surface area (Å²) < 4.78 is 0. The highest BCUT2D eigenvalue weighted by Crippen LogP contribution is 2.37. The van der Waals surface area contributed by atoms with E-state index in [1.165, 1.54) is 12.1 Å². The SMILES string of the molecule is CC(C)(C)C1CCN(c2nc(Cl)ccc2[N+](=O)[O-])CC1. The minimum Gasteiger partial charge on any atom is -0.351 e. The summed E-state index contributed by atoms with van der Waals surface area (Å²) in [5.41, 5.74) is 0.309. The van der Waals surface area contributed by atoms with E-state index in [9.17, 15) is 10.1 Å². The molecule has 0 amide bonds. The normalized spacial score (nSPS) is 17.3. The fourth-order valence-corrected chi connectivity index (χ4v) is 2.89. The molecule has 2 heterocycles. The van der Waals surface area contributed by atoms with E-state index in [0.29, 0.717) is 16.9 Å². The molecule has 0 aromatic carbocycles. The van der Waals surface area contributed by atoms with Gasteiger partial charge in [0, 0.05) is 19.2 Å². The first kappa shape index (κ1) is 15.0. The van der Waals surface area contributed by atoms with E-state index in [4.69, 9.17) is 11.6 Å². The summed E-state index contributed by atoms with van der Waals surface area (Å²) in [5.74, 6) is 1.03. The molecule has 6 heteroatoms. The van der Waals surface area contributed by atoms with Gasteiger partial charge in [0.05, 0.1) is 4.92 Å². The summed E-state index contributed by atoms with van der Waals surface area (Å²) in [5, 5.41) is 11.4. The summed E-state index contributed by atoms with van der Waals surface area (Å²) in [4.78, 5) is 16.8. The Morgan fingerprint density at radius 1 is 1.35 bits per heavy atom. The molecule has 1 saturated heterocycles. The van der Waals surface area contributed by atoms with Crippen molar-refractivity contribution < 1.29 is 4.92 Å². The van der Waals surface area contributed by atoms with Crippen LogP contribution >= 0.6 is 11.6 Å². The molecule has 1 aromatic heterocycles. The number of piperidine rings is 1. The fraction of sp³-hybridized carbons (Fsp3) is 0.643. The van der Waals surface area contributed by atoms with E-state index in [2.05, 4.69) is 25.8 Å². The Bertz CT molecular complexity index is 506. The molecule has 5 nitrogen and oxygen atoms in total. The van der Waals surface area contributed by atoms with Crippen molar-refractivity contribution in [2.45, 2.75) is 33.6 Å². The molecular weight excluding hydrogens is 278 g/mol. The van der Waals surface area contributed by atoms with Crippen molar-refractivity contribution >= 4 is 23.1 Å². The highest BCUT2D eigenvalue weighted by Gasteiger charge is 2.31. The van der Waals surface area contributed by atoms with Crippen LogP contribution in [0.1, 0.15) is 33.6 Å². The Morgan fingerprint density at radius 2 is 1.95 bits per heavy atom. The second kappa shape index (κ2) is 5.56. The molecule has 1 fully saturated rings. The van der Waals surface area contributed by atoms with Crippen LogP contribution in [-0.4, -0.2) is 23.0 Å². The standard InChI is InChI=1S/C14H20ClN3O2/c1-14(2,3)10-6-8-17(9-7-10)13-11(18(19)20)4-5-12(15)16-13/h4-5,10H,6-9H2,1-3H3. The van der Waals surface area contributed by atoms with Crippen molar-refractivity contribution in [1.82, 2.24) is 4.98 Å². The van der Waals surface area contributed by atoms with Gasteiger partial charge in [-0.15, -0.1) is 0 Å². The van der Waals surface area contributed by atoms with Crippen molar-refractivity contribution in [3.63, 3.8) is 0 Å². The van der Waals surface area contributed by atoms with Crippen LogP contribution in [0.2, 0.25) is 5.15 Å². The summed E-state index contributed by atoms with van der Waals surface area (Å²) >= 11 is 5.88. The molecule has 0 spiro atoms. The lowest BCUT2D eigenvalue weighted by Crippen LogP contribution is -2.38. The van der Waals surface area contributed by atoms with Crippen LogP contribution in [0.4, 0.5) is 11.5 Å². The second-order valence-electron chi connectivity index (χ2n) is 6.36. The topological polar surface area (TPSA) is 59.3 Å². The zero-order valence-electron chi connectivity index (χ0n) is 12.1. The van der Waals surface area contributed by atoms with E-state index in [1.807, 2.05) is 4.90 Å². The number of pyridine rings is 1. The number of rotatable bonds is 2. The van der Waals surface area contributed by atoms with Gasteiger partial charge in [0.25, 0.3) is 0 Å². The lowest BCUT2D eigenvalue weighted by atomic mass is 9.75. The maximum Gasteiger partial charge on any atom is 0.311 e. The van der Waals surface area contributed by atoms with Crippen LogP contribution in [0.25, 0.3) is 0 Å². The van der Waals surface area contributed by atoms with Crippen LogP contribution < -0.4 is 4.90 Å². The van der Waals surface area contributed by atoms with E-state index >= 15 is 0 Å². The van der Waals surface area contributed by atoms with Crippen molar-refractivity contribution in [2.24, 2.45) is 11.3 Å². The van der Waals surface area contributed by atoms with Gasteiger partial charge in [-0.3, -0.25) is 10.1 Å². The van der Waals surface area contributed by atoms with E-state index in [1.54, 1.807) is 0 Å². The van der Waals surface area contributed by atoms with Gasteiger partial charge in [0.1, 0.15) is 5.15 Å². The zero-order chi connectivity index (χ0) is 14.9. The molecule has 0 atom stereocenters. The largest absolute Gasteiger partial charge is 0.351 e. The van der Waals surface area contributed by atoms with Crippen LogP contribution in [0, 0.1) is 21.4 Å². The molecule has 20 heavy (non-hydrogen) atoms. The molecule has 1 aromatic rings. The minimum atomic E-state index is -0.394. The summed E-state index contributed by atoms with van der Waals surface area (Å²) in [6.45, 7) is 8.31. The highest BCUT2D eigenvalue weighted by atomic mass is 35.5. The second-order valence-corrected chi connectivity index (χ2v) is 6.75. The zero-order valence-corrected chi connectivity index (χ0v) is 12.9. The molecule has 1 aliphatic rings. The average molecular weight is 298 g/mol. The van der Waals surface area contributed by atoms with Crippen LogP contribution in [0.3, 0.4) is 0 Å². The molecule has 1 aliphatic heterocycles. The number of hydrogen-bond acceptors (Lipinski definition) is 4. The van der Waals surface area contributed by atoms with Crippen molar-refractivity contribution in [2.75, 3.05) is 18.0 Å². The molecule has 0 N–H and O–H groups in total. The van der Waals surface area contributed by atoms with E-state index in [0.717, 1.165) is 25.9 Å². The number of nitrogens with zero attached hydrogens (tertiary/aromatic N) is 3. The predicted molar refractivity (Wildman–Crippen MR) is 80.3 cm³/mol. The maximum absolute atomic E-state index is 11.1. The van der Waals surface area contributed by atoms with E-state index < -0.39 is 4.92 Å². The summed E-state index contributed by atoms with van der Waals surface area (Å²) in [6, 6.07) is 2.89. The highest BCUT2D eigenvalue weighted by molar-refractivity contribution is 6.29. The third-order valence-electron chi connectivity index (χ3n) is 4.04. The number of hydrogen-bond donors (Lipinski definition) is 0. The lowest BCUT2D eigenvalue weighted by molar-refractivity contribution is -0.384. The van der Waals surface area contributed by atoms with Gasteiger partial charge in [-0.2, -0.15) is 0 Å². The van der Waals surface area contributed by atoms with Gasteiger partial charge in [0.15, 0.2) is 0 Å². The Labute approximate surface area is 124 Å². The Hall–Kier alpha value is -1.36. The predicted octanol–water partition coefficient (Wildman–Crippen LogP) is 3.91. The van der Waals surface area contributed by atoms with Crippen molar-refractivity contribution in [3.05, 3.63) is 27.4 Å². The molecular formula is C14H20ClN3O2. The quantitative estimate of drug-likeness (QED) is 0.472. The fourth-order valence-electron chi connectivity index (χ4n) is 2.75.